The Morgan fingerprint density at radius 2 is 2.21 bits per heavy atom. The van der Waals surface area contributed by atoms with Crippen LogP contribution in [0.5, 0.6) is 0 Å². The van der Waals surface area contributed by atoms with Gasteiger partial charge in [-0.1, -0.05) is 11.2 Å². The van der Waals surface area contributed by atoms with Crippen LogP contribution in [0.15, 0.2) is 28.9 Å². The zero-order chi connectivity index (χ0) is 16.4. The van der Waals surface area contributed by atoms with Gasteiger partial charge in [-0.15, -0.1) is 11.8 Å². The van der Waals surface area contributed by atoms with Crippen molar-refractivity contribution in [2.75, 3.05) is 24.7 Å². The van der Waals surface area contributed by atoms with E-state index in [1.54, 1.807) is 18.0 Å². The number of pyridine rings is 1. The first kappa shape index (κ1) is 15.6. The van der Waals surface area contributed by atoms with E-state index in [1.807, 2.05) is 23.1 Å². The summed E-state index contributed by atoms with van der Waals surface area (Å²) < 4.78 is 5.43. The zero-order valence-electron chi connectivity index (χ0n) is 13.2. The molecule has 1 N–H and O–H groups in total. The van der Waals surface area contributed by atoms with E-state index in [0.29, 0.717) is 17.4 Å². The SMILES string of the molecule is O=C(C1CSCN1)N1CCC(c2nc(-c3ccccn3)no2)CC1. The molecule has 1 amide bonds. The normalized spacial score (nSPS) is 22.0. The third-order valence-electron chi connectivity index (χ3n) is 4.51. The number of hydrogen-bond acceptors (Lipinski definition) is 7. The lowest BCUT2D eigenvalue weighted by Gasteiger charge is -2.32. The summed E-state index contributed by atoms with van der Waals surface area (Å²) in [6.07, 6.45) is 3.43. The van der Waals surface area contributed by atoms with Crippen LogP contribution in [0.3, 0.4) is 0 Å². The number of piperidine rings is 1. The van der Waals surface area contributed by atoms with Gasteiger partial charge in [0, 0.05) is 36.8 Å². The summed E-state index contributed by atoms with van der Waals surface area (Å²) in [4.78, 5) is 23.1. The number of carbonyl (C=O) groups is 1. The molecule has 0 saturated carbocycles. The molecule has 2 aliphatic rings. The van der Waals surface area contributed by atoms with Crippen LogP contribution in [-0.2, 0) is 4.79 Å². The summed E-state index contributed by atoms with van der Waals surface area (Å²) in [5.41, 5.74) is 0.713. The number of nitrogens with one attached hydrogen (secondary N) is 1. The number of rotatable bonds is 3. The second-order valence-corrected chi connectivity index (χ2v) is 7.07. The van der Waals surface area contributed by atoms with E-state index >= 15 is 0 Å². The lowest BCUT2D eigenvalue weighted by Crippen LogP contribution is -2.47. The lowest BCUT2D eigenvalue weighted by molar-refractivity contribution is -0.133. The Labute approximate surface area is 144 Å². The zero-order valence-corrected chi connectivity index (χ0v) is 14.0. The second kappa shape index (κ2) is 6.90. The Bertz CT molecular complexity index is 694. The number of aromatic nitrogens is 3. The van der Waals surface area contributed by atoms with Crippen molar-refractivity contribution in [1.29, 1.82) is 0 Å². The van der Waals surface area contributed by atoms with Crippen molar-refractivity contribution < 1.29 is 9.32 Å². The largest absolute Gasteiger partial charge is 0.341 e. The van der Waals surface area contributed by atoms with Gasteiger partial charge in [-0.3, -0.25) is 15.1 Å². The average Bonchev–Trinajstić information content (AvgIpc) is 3.34. The molecule has 1 unspecified atom stereocenters. The van der Waals surface area contributed by atoms with Gasteiger partial charge in [-0.25, -0.2) is 0 Å². The average molecular weight is 345 g/mol. The molecule has 8 heteroatoms. The third kappa shape index (κ3) is 3.16. The van der Waals surface area contributed by atoms with Gasteiger partial charge in [0.25, 0.3) is 0 Å². The van der Waals surface area contributed by atoms with Crippen molar-refractivity contribution in [1.82, 2.24) is 25.3 Å². The molecule has 0 aromatic carbocycles. The van der Waals surface area contributed by atoms with Crippen LogP contribution in [-0.4, -0.2) is 56.7 Å². The number of likely N-dealkylation sites (tertiary alicyclic amines) is 1. The number of hydrogen-bond donors (Lipinski definition) is 1. The van der Waals surface area contributed by atoms with Crippen LogP contribution in [0.4, 0.5) is 0 Å². The minimum absolute atomic E-state index is 0.0225. The van der Waals surface area contributed by atoms with E-state index < -0.39 is 0 Å². The standard InChI is InChI=1S/C16H19N5O2S/c22-16(13-9-24-10-18-13)21-7-4-11(5-8-21)15-19-14(20-23-15)12-3-1-2-6-17-12/h1-3,6,11,13,18H,4-5,7-10H2. The molecule has 0 radical (unpaired) electrons. The van der Waals surface area contributed by atoms with Crippen molar-refractivity contribution in [2.45, 2.75) is 24.8 Å². The summed E-state index contributed by atoms with van der Waals surface area (Å²) in [5.74, 6) is 3.35. The second-order valence-electron chi connectivity index (χ2n) is 6.04. The van der Waals surface area contributed by atoms with Gasteiger partial charge in [0.05, 0.1) is 6.04 Å². The molecule has 4 heterocycles. The van der Waals surface area contributed by atoms with E-state index in [0.717, 1.165) is 37.6 Å². The number of amides is 1. The molecule has 2 fully saturated rings. The van der Waals surface area contributed by atoms with E-state index in [2.05, 4.69) is 20.4 Å². The quantitative estimate of drug-likeness (QED) is 0.902. The first-order valence-electron chi connectivity index (χ1n) is 8.16. The Morgan fingerprint density at radius 3 is 2.92 bits per heavy atom. The lowest BCUT2D eigenvalue weighted by atomic mass is 9.96. The molecule has 2 aromatic rings. The van der Waals surface area contributed by atoms with Gasteiger partial charge >= 0.3 is 0 Å². The van der Waals surface area contributed by atoms with Crippen molar-refractivity contribution >= 4 is 17.7 Å². The molecule has 0 bridgehead atoms. The molecule has 0 aliphatic carbocycles. The molecule has 2 aliphatic heterocycles. The molecular weight excluding hydrogens is 326 g/mol. The van der Waals surface area contributed by atoms with E-state index in [-0.39, 0.29) is 17.9 Å². The topological polar surface area (TPSA) is 84.2 Å². The van der Waals surface area contributed by atoms with Gasteiger partial charge in [0.1, 0.15) is 5.69 Å². The van der Waals surface area contributed by atoms with Crippen molar-refractivity contribution in [3.05, 3.63) is 30.3 Å². The maximum absolute atomic E-state index is 12.4. The fourth-order valence-corrected chi connectivity index (χ4v) is 4.05. The highest BCUT2D eigenvalue weighted by molar-refractivity contribution is 7.99. The minimum Gasteiger partial charge on any atom is -0.341 e. The van der Waals surface area contributed by atoms with Crippen LogP contribution in [0.2, 0.25) is 0 Å². The molecule has 7 nitrogen and oxygen atoms in total. The molecule has 1 atom stereocenters. The van der Waals surface area contributed by atoms with Crippen LogP contribution in [0.25, 0.3) is 11.5 Å². The molecule has 2 aromatic heterocycles. The predicted octanol–water partition coefficient (Wildman–Crippen LogP) is 1.50. The van der Waals surface area contributed by atoms with Crippen molar-refractivity contribution in [2.24, 2.45) is 0 Å². The summed E-state index contributed by atoms with van der Waals surface area (Å²) in [5, 5.41) is 7.28. The number of carbonyl (C=O) groups excluding carboxylic acids is 1. The fourth-order valence-electron chi connectivity index (χ4n) is 3.12. The summed E-state index contributed by atoms with van der Waals surface area (Å²) >= 11 is 1.77. The highest BCUT2D eigenvalue weighted by atomic mass is 32.2. The van der Waals surface area contributed by atoms with Crippen molar-refractivity contribution in [3.63, 3.8) is 0 Å². The first-order chi connectivity index (χ1) is 11.8. The maximum Gasteiger partial charge on any atom is 0.240 e. The van der Waals surface area contributed by atoms with Gasteiger partial charge in [-0.2, -0.15) is 4.98 Å². The van der Waals surface area contributed by atoms with Gasteiger partial charge < -0.3 is 9.42 Å². The third-order valence-corrected chi connectivity index (χ3v) is 5.45. The summed E-state index contributed by atoms with van der Waals surface area (Å²) in [6, 6.07) is 5.60. The highest BCUT2D eigenvalue weighted by Gasteiger charge is 2.32. The number of thioether (sulfide) groups is 1. The fraction of sp³-hybridized carbons (Fsp3) is 0.500. The molecule has 24 heavy (non-hydrogen) atoms. The molecule has 4 rings (SSSR count). The van der Waals surface area contributed by atoms with Crippen LogP contribution < -0.4 is 5.32 Å². The summed E-state index contributed by atoms with van der Waals surface area (Å²) in [7, 11) is 0. The molecular formula is C16H19N5O2S. The Morgan fingerprint density at radius 1 is 1.33 bits per heavy atom. The Hall–Kier alpha value is -1.93. The van der Waals surface area contributed by atoms with Gasteiger partial charge in [-0.05, 0) is 25.0 Å². The first-order valence-corrected chi connectivity index (χ1v) is 9.31. The van der Waals surface area contributed by atoms with Gasteiger partial charge in [0.15, 0.2) is 0 Å². The Kier molecular flexibility index (Phi) is 4.48. The van der Waals surface area contributed by atoms with Crippen molar-refractivity contribution in [3.8, 4) is 11.5 Å². The maximum atomic E-state index is 12.4. The van der Waals surface area contributed by atoms with Crippen LogP contribution >= 0.6 is 11.8 Å². The minimum atomic E-state index is -0.0225. The molecule has 0 spiro atoms. The Balaban J connectivity index is 1.38. The van der Waals surface area contributed by atoms with Crippen LogP contribution in [0, 0.1) is 0 Å². The monoisotopic (exact) mass is 345 g/mol. The van der Waals surface area contributed by atoms with Crippen LogP contribution in [0.1, 0.15) is 24.7 Å². The van der Waals surface area contributed by atoms with E-state index in [1.165, 1.54) is 0 Å². The molecule has 126 valence electrons. The summed E-state index contributed by atoms with van der Waals surface area (Å²) in [6.45, 7) is 1.49. The van der Waals surface area contributed by atoms with E-state index in [9.17, 15) is 4.79 Å². The van der Waals surface area contributed by atoms with E-state index in [4.69, 9.17) is 4.52 Å². The predicted molar refractivity (Wildman–Crippen MR) is 90.3 cm³/mol. The van der Waals surface area contributed by atoms with Gasteiger partial charge in [0.2, 0.25) is 17.6 Å². The smallest absolute Gasteiger partial charge is 0.240 e. The number of nitrogens with zero attached hydrogens (tertiary/aromatic N) is 4. The highest BCUT2D eigenvalue weighted by Crippen LogP contribution is 2.28. The molecule has 2 saturated heterocycles.